The first-order chi connectivity index (χ1) is 48.0. The van der Waals surface area contributed by atoms with Crippen molar-refractivity contribution in [2.24, 2.45) is 0 Å². The lowest BCUT2D eigenvalue weighted by Crippen LogP contribution is -2.26. The van der Waals surface area contributed by atoms with Crippen molar-refractivity contribution < 1.29 is 102 Å². The molecule has 32 heteroatoms. The summed E-state index contributed by atoms with van der Waals surface area (Å²) in [7, 11) is -26.7. The first-order valence-electron chi connectivity index (χ1n) is 33.0. The van der Waals surface area contributed by atoms with Crippen molar-refractivity contribution in [3.63, 3.8) is 0 Å². The summed E-state index contributed by atoms with van der Waals surface area (Å²) in [6.07, 6.45) is 14.4. The summed E-state index contributed by atoms with van der Waals surface area (Å²) >= 11 is 0. The van der Waals surface area contributed by atoms with Crippen LogP contribution in [0.5, 0.6) is 0 Å². The fraction of sp³-hybridized carbons (Fsp3) is 0.380. The first-order valence-corrected chi connectivity index (χ1v) is 42.2. The van der Waals surface area contributed by atoms with Gasteiger partial charge in [0.2, 0.25) is 17.3 Å². The van der Waals surface area contributed by atoms with Gasteiger partial charge in [0, 0.05) is 117 Å². The zero-order valence-electron chi connectivity index (χ0n) is 58.4. The van der Waals surface area contributed by atoms with Crippen molar-refractivity contribution in [3.8, 4) is 0 Å². The quantitative estimate of drug-likeness (QED) is 0.00584. The van der Waals surface area contributed by atoms with E-state index in [9.17, 15) is 92.5 Å². The Morgan fingerprint density at radius 3 is 1.50 bits per heavy atom. The van der Waals surface area contributed by atoms with E-state index in [0.717, 1.165) is 55.6 Å². The van der Waals surface area contributed by atoms with Crippen LogP contribution in [0, 0.1) is 27.7 Å². The highest BCUT2D eigenvalue weighted by Crippen LogP contribution is 2.35. The van der Waals surface area contributed by atoms with Gasteiger partial charge < -0.3 is 20.2 Å². The van der Waals surface area contributed by atoms with Crippen LogP contribution in [0.4, 0.5) is 22.7 Å². The third-order valence-electron chi connectivity index (χ3n) is 17.3. The lowest BCUT2D eigenvalue weighted by molar-refractivity contribution is -0.440. The van der Waals surface area contributed by atoms with Crippen LogP contribution >= 0.6 is 0 Å². The van der Waals surface area contributed by atoms with Crippen LogP contribution in [0.1, 0.15) is 126 Å². The number of rotatable bonds is 39. The molecule has 6 rings (SSSR count). The van der Waals surface area contributed by atoms with Gasteiger partial charge in [-0.25, -0.2) is 0 Å². The molecule has 8 N–H and O–H groups in total. The van der Waals surface area contributed by atoms with E-state index in [-0.39, 0.29) is 78.9 Å². The number of carbonyl (C=O) groups is 2. The van der Waals surface area contributed by atoms with Crippen molar-refractivity contribution in [3.05, 3.63) is 173 Å². The molecule has 0 heterocycles. The number of fused-ring (bicyclic) bond motifs is 2. The minimum atomic E-state index is -4.63. The zero-order valence-corrected chi connectivity index (χ0v) is 63.3. The molecule has 1 amide bonds. The van der Waals surface area contributed by atoms with Crippen molar-refractivity contribution in [1.29, 1.82) is 0 Å². The normalized spacial score (nSPS) is 13.6. The van der Waals surface area contributed by atoms with Gasteiger partial charge in [-0.15, -0.1) is 0 Å². The molecule has 6 aromatic rings. The number of nitrogens with one attached hydrogen (secondary N) is 1. The fourth-order valence-electron chi connectivity index (χ4n) is 12.1. The number of hydrogen-bond donors (Lipinski definition) is 8. The summed E-state index contributed by atoms with van der Waals surface area (Å²) in [4.78, 5) is 27.6. The first kappa shape index (κ1) is 84.1. The van der Waals surface area contributed by atoms with Crippen LogP contribution in [-0.2, 0) is 76.8 Å². The predicted molar refractivity (Wildman–Crippen MR) is 399 cm³/mol. The molecule has 0 saturated heterocycles. The third-order valence-corrected chi connectivity index (χ3v) is 22.3. The van der Waals surface area contributed by atoms with Gasteiger partial charge >= 0.3 is 5.97 Å². The highest BCUT2D eigenvalue weighted by atomic mass is 32.2. The number of aliphatic carboxylic acids is 1. The van der Waals surface area contributed by atoms with Gasteiger partial charge in [-0.2, -0.15) is 59.7 Å². The number of unbranched alkanes of at least 4 members (excludes halogenated alkanes) is 4. The molecule has 0 aliphatic heterocycles. The second kappa shape index (κ2) is 36.7. The van der Waals surface area contributed by atoms with E-state index in [4.69, 9.17) is 0 Å². The molecule has 0 aliphatic carbocycles. The number of allylic oxidation sites excluding steroid dienone is 8. The summed E-state index contributed by atoms with van der Waals surface area (Å²) < 4.78 is 205. The number of anilines is 2. The van der Waals surface area contributed by atoms with Gasteiger partial charge in [0.1, 0.15) is 13.1 Å². The van der Waals surface area contributed by atoms with Crippen molar-refractivity contribution in [2.75, 3.05) is 53.2 Å². The van der Waals surface area contributed by atoms with Crippen LogP contribution in [0.3, 0.4) is 0 Å². The second-order valence-electron chi connectivity index (χ2n) is 25.2. The fourth-order valence-corrected chi connectivity index (χ4v) is 15.2. The third kappa shape index (κ3) is 26.4. The molecular formula is C71H91N5O21S6+2. The predicted octanol–water partition coefficient (Wildman–Crippen LogP) is 11.8. The van der Waals surface area contributed by atoms with E-state index in [0.29, 0.717) is 90.8 Å². The summed E-state index contributed by atoms with van der Waals surface area (Å²) in [5, 5.41) is 15.4. The van der Waals surface area contributed by atoms with Gasteiger partial charge in [-0.1, -0.05) is 49.3 Å². The topological polar surface area (TPSA) is 405 Å². The van der Waals surface area contributed by atoms with Crippen molar-refractivity contribution >= 4 is 128 Å². The maximum Gasteiger partial charge on any atom is 0.303 e. The molecular weight excluding hydrogens is 1450 g/mol. The van der Waals surface area contributed by atoms with Gasteiger partial charge in [0.15, 0.2) is 11.4 Å². The van der Waals surface area contributed by atoms with Crippen LogP contribution in [0.15, 0.2) is 160 Å². The Kier molecular flexibility index (Phi) is 30.0. The van der Waals surface area contributed by atoms with Crippen molar-refractivity contribution in [2.45, 2.75) is 147 Å². The molecule has 0 aromatic heterocycles. The van der Waals surface area contributed by atoms with Crippen molar-refractivity contribution in [1.82, 2.24) is 5.32 Å². The van der Waals surface area contributed by atoms with Crippen LogP contribution in [-0.4, -0.2) is 159 Å². The Morgan fingerprint density at radius 2 is 0.922 bits per heavy atom. The van der Waals surface area contributed by atoms with E-state index in [1.807, 2.05) is 86.9 Å². The number of carbonyl (C=O) groups excluding carboxylic acids is 1. The van der Waals surface area contributed by atoms with Crippen LogP contribution in [0.25, 0.3) is 21.5 Å². The molecule has 560 valence electrons. The van der Waals surface area contributed by atoms with E-state index in [1.54, 1.807) is 60.6 Å². The lowest BCUT2D eigenvalue weighted by atomic mass is 10.0. The summed E-state index contributed by atoms with van der Waals surface area (Å²) in [5.74, 6) is -2.80. The number of carboxylic acids is 1. The largest absolute Gasteiger partial charge is 0.481 e. The van der Waals surface area contributed by atoms with Gasteiger partial charge in [-0.05, 0) is 184 Å². The molecule has 0 aliphatic rings. The maximum absolute atomic E-state index is 13.5. The summed E-state index contributed by atoms with van der Waals surface area (Å²) in [6, 6.07) is 25.4. The monoisotopic (exact) mass is 1540 g/mol. The molecule has 26 nitrogen and oxygen atoms in total. The Labute approximate surface area is 604 Å². The highest BCUT2D eigenvalue weighted by molar-refractivity contribution is 7.87. The Balaban J connectivity index is 1.22. The number of amides is 1. The van der Waals surface area contributed by atoms with Gasteiger partial charge in [0.05, 0.1) is 31.9 Å². The van der Waals surface area contributed by atoms with Crippen LogP contribution in [0.2, 0.25) is 0 Å². The molecule has 0 unspecified atom stereocenters. The number of carboxylic acid groups (broad SMARTS) is 1. The Bertz CT molecular complexity index is 5070. The second-order valence-corrected chi connectivity index (χ2v) is 34.2. The average Bonchev–Trinajstić information content (AvgIpc) is 0.796. The number of aryl methyl sites for hydroxylation is 4. The molecule has 103 heavy (non-hydrogen) atoms. The lowest BCUT2D eigenvalue weighted by Gasteiger charge is -2.29. The molecule has 0 radical (unpaired) electrons. The minimum absolute atomic E-state index is 0.00432. The highest BCUT2D eigenvalue weighted by Gasteiger charge is 2.25. The summed E-state index contributed by atoms with van der Waals surface area (Å²) in [6.45, 7) is 13.5. The zero-order chi connectivity index (χ0) is 76.4. The molecule has 0 atom stereocenters. The average molecular weight is 1540 g/mol. The number of benzene rings is 6. The maximum atomic E-state index is 13.5. The molecule has 0 bridgehead atoms. The smallest absolute Gasteiger partial charge is 0.303 e. The number of nitrogens with zero attached hydrogens (tertiary/aromatic N) is 4. The minimum Gasteiger partial charge on any atom is -0.481 e. The molecule has 0 spiro atoms. The Morgan fingerprint density at radius 1 is 0.456 bits per heavy atom. The van der Waals surface area contributed by atoms with E-state index >= 15 is 0 Å². The van der Waals surface area contributed by atoms with E-state index in [2.05, 4.69) is 10.2 Å². The van der Waals surface area contributed by atoms with E-state index in [1.165, 1.54) is 48.5 Å². The van der Waals surface area contributed by atoms with Gasteiger partial charge in [-0.3, -0.25) is 36.9 Å². The standard InChI is InChI=1S/C71H89N5O21S6/c1-50-45-61(101(89,90)91)30-36-66(50)73(39-16-42-98(80,81)82)52(3)21-15-23-60(76(41-18-44-100(86,87)88)67-37-31-62(46-51(67)2)102(92,93)94)22-10-8-11-24-70(77)72-49-57-26-32-64-55(6)69(34-27-58(64)47-57)75(40-17-43-99(83,84)85)54(5)20-14-19-53(4)74(38-13-9-12-25-71(78)79)68-35-28-59-48-63(103(95,96)97)29-33-65(59)56(68)7/h14-15,19-21,23,26-37,45-48H,8-13,16-18,22,24-25,38-44,49H2,1-7H3,(H6-2,72,77,78,79,80,81,82,83,84,85,86,87,88,89,90,91,92,93,94,95,96,97)/p+2. The SMILES string of the molecule is C\C(=C/C=C/C(C)=[N+](\CCCS(=O)(=O)O)c1ccc2cc(CNC(=O)CCCCC\C(=C/C=C/C(C)=[N+](\CCCS(=O)(=O)O)c3ccc(S(=O)(=O)O)cc3C)N(CCCS(=O)(=O)O)c3ccc(S(=O)(=O)O)cc3C)ccc2c1C)N(CCCCCC(=O)O)c1ccc2cc(S(=O)(=O)O)ccc2c1C. The molecule has 0 saturated carbocycles. The molecule has 6 aromatic carbocycles. The van der Waals surface area contributed by atoms with Crippen LogP contribution < -0.4 is 15.1 Å². The molecule has 0 fully saturated rings. The number of hydrogen-bond acceptors (Lipinski definition) is 16. The summed E-state index contributed by atoms with van der Waals surface area (Å²) in [5.41, 5.74) is 8.48. The van der Waals surface area contributed by atoms with Gasteiger partial charge in [0.25, 0.3) is 60.7 Å². The van der Waals surface area contributed by atoms with E-state index < -0.39 is 83.9 Å². The Hall–Kier alpha value is -7.86.